The van der Waals surface area contributed by atoms with Crippen LogP contribution in [0.1, 0.15) is 18.9 Å². The Morgan fingerprint density at radius 1 is 1.31 bits per heavy atom. The van der Waals surface area contributed by atoms with Crippen molar-refractivity contribution < 1.29 is 0 Å². The predicted octanol–water partition coefficient (Wildman–Crippen LogP) is 4.00. The van der Waals surface area contributed by atoms with Gasteiger partial charge in [0.15, 0.2) is 0 Å². The van der Waals surface area contributed by atoms with Crippen molar-refractivity contribution in [3.05, 3.63) is 47.5 Å². The first-order valence-corrected chi connectivity index (χ1v) is 6.11. The number of alkyl halides is 1. The zero-order valence-electron chi connectivity index (χ0n) is 7.96. The summed E-state index contributed by atoms with van der Waals surface area (Å²) in [5.41, 5.74) is 2.91. The Balaban J connectivity index is 2.36. The van der Waals surface area contributed by atoms with Crippen LogP contribution in [0.25, 0.3) is 0 Å². The van der Waals surface area contributed by atoms with Crippen LogP contribution in [-0.4, -0.2) is 4.43 Å². The SMILES string of the molecule is C/C(=C\CCc1ccccc1)CI. The van der Waals surface area contributed by atoms with E-state index in [1.54, 1.807) is 0 Å². The van der Waals surface area contributed by atoms with Gasteiger partial charge in [-0.25, -0.2) is 0 Å². The largest absolute Gasteiger partial charge is 0.0845 e. The van der Waals surface area contributed by atoms with Gasteiger partial charge in [-0.15, -0.1) is 0 Å². The summed E-state index contributed by atoms with van der Waals surface area (Å²) in [5, 5.41) is 0. The van der Waals surface area contributed by atoms with Gasteiger partial charge in [-0.05, 0) is 25.3 Å². The van der Waals surface area contributed by atoms with Crippen LogP contribution >= 0.6 is 22.6 Å². The Labute approximate surface area is 94.2 Å². The van der Waals surface area contributed by atoms with E-state index in [1.807, 2.05) is 0 Å². The van der Waals surface area contributed by atoms with E-state index in [0.717, 1.165) is 10.8 Å². The second-order valence-corrected chi connectivity index (χ2v) is 3.97. The molecule has 0 spiro atoms. The summed E-state index contributed by atoms with van der Waals surface area (Å²) in [6.45, 7) is 2.19. The van der Waals surface area contributed by atoms with Gasteiger partial charge in [-0.3, -0.25) is 0 Å². The van der Waals surface area contributed by atoms with Crippen LogP contribution in [0.4, 0.5) is 0 Å². The minimum Gasteiger partial charge on any atom is -0.0845 e. The van der Waals surface area contributed by atoms with Gasteiger partial charge in [0.25, 0.3) is 0 Å². The maximum Gasteiger partial charge on any atom is 0.0203 e. The standard InChI is InChI=1S/C12H15I/c1-11(10-13)6-5-9-12-7-3-2-4-8-12/h2-4,6-8H,5,9-10H2,1H3/b11-6+. The van der Waals surface area contributed by atoms with Crippen molar-refractivity contribution in [1.82, 2.24) is 0 Å². The van der Waals surface area contributed by atoms with Crippen molar-refractivity contribution in [2.24, 2.45) is 0 Å². The summed E-state index contributed by atoms with van der Waals surface area (Å²) in [4.78, 5) is 0. The maximum absolute atomic E-state index is 2.40. The van der Waals surface area contributed by atoms with Crippen LogP contribution in [0.2, 0.25) is 0 Å². The molecule has 0 bridgehead atoms. The molecule has 0 amide bonds. The number of aryl methyl sites for hydroxylation is 1. The molecular formula is C12H15I. The number of benzene rings is 1. The van der Waals surface area contributed by atoms with E-state index in [2.05, 4.69) is 65.9 Å². The second-order valence-electron chi connectivity index (χ2n) is 3.21. The average Bonchev–Trinajstić information content (AvgIpc) is 2.19. The molecule has 13 heavy (non-hydrogen) atoms. The zero-order chi connectivity index (χ0) is 9.52. The Kier molecular flexibility index (Phi) is 5.13. The highest BCUT2D eigenvalue weighted by Crippen LogP contribution is 2.06. The van der Waals surface area contributed by atoms with Crippen LogP contribution in [0.5, 0.6) is 0 Å². The van der Waals surface area contributed by atoms with Gasteiger partial charge in [0.2, 0.25) is 0 Å². The van der Waals surface area contributed by atoms with Crippen molar-refractivity contribution in [3.8, 4) is 0 Å². The molecule has 0 heterocycles. The molecule has 0 nitrogen and oxygen atoms in total. The van der Waals surface area contributed by atoms with Gasteiger partial charge in [0.1, 0.15) is 0 Å². The first-order valence-electron chi connectivity index (χ1n) is 4.58. The number of hydrogen-bond donors (Lipinski definition) is 0. The highest BCUT2D eigenvalue weighted by Gasteiger charge is 1.89. The van der Waals surface area contributed by atoms with Crippen molar-refractivity contribution in [1.29, 1.82) is 0 Å². The summed E-state index contributed by atoms with van der Waals surface area (Å²) in [6, 6.07) is 10.6. The fraction of sp³-hybridized carbons (Fsp3) is 0.333. The highest BCUT2D eigenvalue weighted by molar-refractivity contribution is 14.1. The fourth-order valence-electron chi connectivity index (χ4n) is 1.18. The molecule has 1 heteroatoms. The van der Waals surface area contributed by atoms with Crippen molar-refractivity contribution in [2.75, 3.05) is 4.43 Å². The van der Waals surface area contributed by atoms with Gasteiger partial charge in [-0.1, -0.05) is 64.6 Å². The van der Waals surface area contributed by atoms with E-state index in [1.165, 1.54) is 17.6 Å². The van der Waals surface area contributed by atoms with Gasteiger partial charge < -0.3 is 0 Å². The lowest BCUT2D eigenvalue weighted by atomic mass is 10.1. The number of hydrogen-bond acceptors (Lipinski definition) is 0. The third kappa shape index (κ3) is 4.46. The lowest BCUT2D eigenvalue weighted by Crippen LogP contribution is -1.83. The molecule has 70 valence electrons. The Morgan fingerprint density at radius 2 is 2.00 bits per heavy atom. The first kappa shape index (κ1) is 10.8. The molecule has 0 radical (unpaired) electrons. The van der Waals surface area contributed by atoms with Gasteiger partial charge in [0, 0.05) is 4.43 Å². The molecular weight excluding hydrogens is 271 g/mol. The monoisotopic (exact) mass is 286 g/mol. The quantitative estimate of drug-likeness (QED) is 0.446. The Morgan fingerprint density at radius 3 is 2.62 bits per heavy atom. The molecule has 0 fully saturated rings. The van der Waals surface area contributed by atoms with Gasteiger partial charge >= 0.3 is 0 Å². The lowest BCUT2D eigenvalue weighted by Gasteiger charge is -1.98. The normalized spacial score (nSPS) is 11.7. The molecule has 0 saturated heterocycles. The van der Waals surface area contributed by atoms with Crippen LogP contribution in [0.3, 0.4) is 0 Å². The number of halogens is 1. The molecule has 0 aromatic heterocycles. The minimum atomic E-state index is 1.15. The van der Waals surface area contributed by atoms with Crippen LogP contribution in [0.15, 0.2) is 42.0 Å². The summed E-state index contributed by atoms with van der Waals surface area (Å²) in [7, 11) is 0. The summed E-state index contributed by atoms with van der Waals surface area (Å²) in [6.07, 6.45) is 4.66. The maximum atomic E-state index is 2.40. The third-order valence-electron chi connectivity index (χ3n) is 1.98. The van der Waals surface area contributed by atoms with Crippen molar-refractivity contribution >= 4 is 22.6 Å². The molecule has 0 atom stereocenters. The van der Waals surface area contributed by atoms with E-state index in [4.69, 9.17) is 0 Å². The molecule has 0 N–H and O–H groups in total. The van der Waals surface area contributed by atoms with E-state index < -0.39 is 0 Å². The minimum absolute atomic E-state index is 1.15. The molecule has 0 saturated carbocycles. The smallest absolute Gasteiger partial charge is 0.0203 e. The Hall–Kier alpha value is -0.310. The van der Waals surface area contributed by atoms with E-state index in [0.29, 0.717) is 0 Å². The van der Waals surface area contributed by atoms with Crippen molar-refractivity contribution in [3.63, 3.8) is 0 Å². The average molecular weight is 286 g/mol. The van der Waals surface area contributed by atoms with Gasteiger partial charge in [-0.2, -0.15) is 0 Å². The summed E-state index contributed by atoms with van der Waals surface area (Å²) in [5.74, 6) is 0. The molecule has 0 aliphatic rings. The van der Waals surface area contributed by atoms with E-state index in [-0.39, 0.29) is 0 Å². The molecule has 0 aliphatic carbocycles. The Bertz CT molecular complexity index is 262. The topological polar surface area (TPSA) is 0 Å². The molecule has 1 aromatic rings. The molecule has 1 rings (SSSR count). The third-order valence-corrected chi connectivity index (χ3v) is 3.18. The highest BCUT2D eigenvalue weighted by atomic mass is 127. The molecule has 1 aromatic carbocycles. The molecule has 0 unspecified atom stereocenters. The number of allylic oxidation sites excluding steroid dienone is 2. The fourth-order valence-corrected chi connectivity index (χ4v) is 1.50. The van der Waals surface area contributed by atoms with Crippen LogP contribution in [-0.2, 0) is 6.42 Å². The van der Waals surface area contributed by atoms with Crippen molar-refractivity contribution in [2.45, 2.75) is 19.8 Å². The zero-order valence-corrected chi connectivity index (χ0v) is 10.1. The van der Waals surface area contributed by atoms with E-state index >= 15 is 0 Å². The van der Waals surface area contributed by atoms with Gasteiger partial charge in [0.05, 0.1) is 0 Å². The van der Waals surface area contributed by atoms with Crippen LogP contribution < -0.4 is 0 Å². The van der Waals surface area contributed by atoms with E-state index in [9.17, 15) is 0 Å². The summed E-state index contributed by atoms with van der Waals surface area (Å²) < 4.78 is 1.15. The predicted molar refractivity (Wildman–Crippen MR) is 67.4 cm³/mol. The summed E-state index contributed by atoms with van der Waals surface area (Å²) >= 11 is 2.40. The lowest BCUT2D eigenvalue weighted by molar-refractivity contribution is 0.990. The van der Waals surface area contributed by atoms with Crippen LogP contribution in [0, 0.1) is 0 Å². The second kappa shape index (κ2) is 6.19. The molecule has 0 aliphatic heterocycles. The number of rotatable bonds is 4. The first-order chi connectivity index (χ1) is 6.33.